The van der Waals surface area contributed by atoms with Gasteiger partial charge in [-0.2, -0.15) is 0 Å². The molecular formula is C27H37N3O9S2Si. The van der Waals surface area contributed by atoms with Crippen molar-refractivity contribution in [3.05, 3.63) is 49.9 Å². The maximum atomic E-state index is 13.2. The first kappa shape index (κ1) is 32.3. The van der Waals surface area contributed by atoms with Crippen molar-refractivity contribution in [2.75, 3.05) is 13.2 Å². The molecule has 5 atom stereocenters. The second-order valence-electron chi connectivity index (χ2n) is 10.7. The summed E-state index contributed by atoms with van der Waals surface area (Å²) < 4.78 is 12.5. The average molecular weight is 640 g/mol. The summed E-state index contributed by atoms with van der Waals surface area (Å²) in [6.45, 7) is 8.14. The SMILES string of the molecule is CC[Si](CC)(CC)O[C@@H](C)[C@@H]1C(=O)N2C(C(=O)O)=C(S[C@H]3C[C@@H](CO)N(C(=O)OCc4ccc([N+](=O)[O-])cc4)C3)S[C@H]12. The fourth-order valence-corrected chi connectivity index (χ4v) is 12.1. The maximum absolute atomic E-state index is 13.2. The Morgan fingerprint density at radius 1 is 1.21 bits per heavy atom. The largest absolute Gasteiger partial charge is 0.477 e. The number of thioether (sulfide) groups is 2. The maximum Gasteiger partial charge on any atom is 0.410 e. The van der Waals surface area contributed by atoms with E-state index < -0.39 is 37.3 Å². The number of rotatable bonds is 13. The van der Waals surface area contributed by atoms with E-state index in [1.807, 2.05) is 6.92 Å². The lowest BCUT2D eigenvalue weighted by molar-refractivity contribution is -0.384. The fourth-order valence-electron chi connectivity index (χ4n) is 5.74. The number of benzene rings is 1. The Kier molecular flexibility index (Phi) is 10.3. The van der Waals surface area contributed by atoms with Gasteiger partial charge in [0.2, 0.25) is 5.91 Å². The van der Waals surface area contributed by atoms with E-state index in [4.69, 9.17) is 9.16 Å². The molecule has 1 aromatic carbocycles. The number of carboxylic acids is 1. The minimum absolute atomic E-state index is 0.0341. The Morgan fingerprint density at radius 3 is 2.40 bits per heavy atom. The van der Waals surface area contributed by atoms with E-state index in [0.717, 1.165) is 18.1 Å². The molecule has 2 fully saturated rings. The molecule has 4 rings (SSSR count). The van der Waals surface area contributed by atoms with Gasteiger partial charge in [-0.1, -0.05) is 32.5 Å². The number of ether oxygens (including phenoxy) is 1. The summed E-state index contributed by atoms with van der Waals surface area (Å²) in [6.07, 6.45) is -0.532. The summed E-state index contributed by atoms with van der Waals surface area (Å²) >= 11 is 2.67. The summed E-state index contributed by atoms with van der Waals surface area (Å²) in [5.41, 5.74) is 0.479. The van der Waals surface area contributed by atoms with Crippen LogP contribution in [-0.2, 0) is 25.4 Å². The number of non-ortho nitro benzene ring substituents is 1. The predicted octanol–water partition coefficient (Wildman–Crippen LogP) is 4.60. The Hall–Kier alpha value is -2.59. The van der Waals surface area contributed by atoms with Crippen LogP contribution in [0.5, 0.6) is 0 Å². The smallest absolute Gasteiger partial charge is 0.410 e. The first-order valence-corrected chi connectivity index (χ1v) is 18.4. The summed E-state index contributed by atoms with van der Waals surface area (Å²) in [6, 6.07) is 8.02. The molecule has 230 valence electrons. The molecule has 0 spiro atoms. The number of nitro benzene ring substituents is 1. The molecule has 2 amide bonds. The number of nitrogens with zero attached hydrogens (tertiary/aromatic N) is 3. The lowest BCUT2D eigenvalue weighted by Gasteiger charge is -2.46. The molecule has 0 radical (unpaired) electrons. The molecule has 2 saturated heterocycles. The van der Waals surface area contributed by atoms with Crippen LogP contribution in [0.1, 0.15) is 39.7 Å². The third-order valence-corrected chi connectivity index (χ3v) is 16.0. The second kappa shape index (κ2) is 13.4. The highest BCUT2D eigenvalue weighted by atomic mass is 32.2. The first-order chi connectivity index (χ1) is 20.0. The van der Waals surface area contributed by atoms with Crippen molar-refractivity contribution in [3.63, 3.8) is 0 Å². The van der Waals surface area contributed by atoms with E-state index in [2.05, 4.69) is 20.8 Å². The molecule has 0 aromatic heterocycles. The van der Waals surface area contributed by atoms with Gasteiger partial charge < -0.3 is 24.3 Å². The standard InChI is InChI=1S/C27H37N3O9S2Si/c1-5-42(6-2,7-3)39-16(4)21-23(32)29-22(25(33)34)26(41-24(21)29)40-20-12-19(14-31)28(13-20)27(35)38-15-17-8-10-18(11-9-17)30(36)37/h8-11,16,19-21,24,31H,5-7,12-15H2,1-4H3,(H,33,34)/t16-,19-,20-,21+,24+/m0/s1. The number of aliphatic hydroxyl groups is 1. The van der Waals surface area contributed by atoms with Gasteiger partial charge in [-0.3, -0.25) is 19.8 Å². The quantitative estimate of drug-likeness (QED) is 0.134. The number of likely N-dealkylation sites (tertiary alicyclic amines) is 1. The number of nitro groups is 1. The summed E-state index contributed by atoms with van der Waals surface area (Å²) in [5, 5.41) is 30.3. The Labute approximate surface area is 254 Å². The van der Waals surface area contributed by atoms with Crippen LogP contribution in [0.15, 0.2) is 34.2 Å². The molecular weight excluding hydrogens is 603 g/mol. The summed E-state index contributed by atoms with van der Waals surface area (Å²) in [5.74, 6) is -1.85. The topological polar surface area (TPSA) is 160 Å². The van der Waals surface area contributed by atoms with Crippen LogP contribution in [0.25, 0.3) is 0 Å². The molecule has 1 aromatic rings. The highest BCUT2D eigenvalue weighted by Crippen LogP contribution is 2.56. The van der Waals surface area contributed by atoms with Gasteiger partial charge in [0.05, 0.1) is 33.8 Å². The van der Waals surface area contributed by atoms with E-state index in [-0.39, 0.29) is 53.8 Å². The number of β-lactam (4-membered cyclic amide) rings is 1. The third-order valence-electron chi connectivity index (χ3n) is 8.43. The molecule has 0 aliphatic carbocycles. The van der Waals surface area contributed by atoms with Crippen molar-refractivity contribution >= 4 is 55.5 Å². The van der Waals surface area contributed by atoms with Gasteiger partial charge in [0.15, 0.2) is 14.0 Å². The average Bonchev–Trinajstić information content (AvgIpc) is 3.54. The Balaban J connectivity index is 1.40. The number of aliphatic carboxylic acids is 1. The zero-order valence-electron chi connectivity index (χ0n) is 24.1. The van der Waals surface area contributed by atoms with E-state index >= 15 is 0 Å². The van der Waals surface area contributed by atoms with E-state index in [9.17, 15) is 34.7 Å². The van der Waals surface area contributed by atoms with Crippen LogP contribution < -0.4 is 0 Å². The van der Waals surface area contributed by atoms with Gasteiger partial charge >= 0.3 is 12.1 Å². The number of hydrogen-bond acceptors (Lipinski definition) is 10. The van der Waals surface area contributed by atoms with Gasteiger partial charge in [0, 0.05) is 23.9 Å². The van der Waals surface area contributed by atoms with Gasteiger partial charge in [0.1, 0.15) is 12.0 Å². The van der Waals surface area contributed by atoms with Crippen molar-refractivity contribution in [2.24, 2.45) is 5.92 Å². The minimum atomic E-state index is -1.97. The lowest BCUT2D eigenvalue weighted by atomic mass is 9.92. The zero-order valence-corrected chi connectivity index (χ0v) is 26.7. The van der Waals surface area contributed by atoms with Crippen molar-refractivity contribution in [1.29, 1.82) is 0 Å². The molecule has 2 N–H and O–H groups in total. The molecule has 3 aliphatic rings. The molecule has 0 unspecified atom stereocenters. The zero-order chi connectivity index (χ0) is 30.8. The predicted molar refractivity (Wildman–Crippen MR) is 161 cm³/mol. The number of fused-ring (bicyclic) bond motifs is 1. The minimum Gasteiger partial charge on any atom is -0.477 e. The van der Waals surface area contributed by atoms with Crippen LogP contribution in [0, 0.1) is 16.0 Å². The second-order valence-corrected chi connectivity index (χ2v) is 18.1. The summed E-state index contributed by atoms with van der Waals surface area (Å²) in [4.78, 5) is 51.5. The molecule has 12 nitrogen and oxygen atoms in total. The number of carboxylic acid groups (broad SMARTS) is 1. The van der Waals surface area contributed by atoms with Crippen molar-refractivity contribution in [2.45, 2.75) is 81.6 Å². The van der Waals surface area contributed by atoms with E-state index in [1.165, 1.54) is 57.6 Å². The molecule has 3 aliphatic heterocycles. The molecule has 0 saturated carbocycles. The van der Waals surface area contributed by atoms with E-state index in [0.29, 0.717) is 16.2 Å². The van der Waals surface area contributed by atoms with E-state index in [1.54, 1.807) is 0 Å². The molecule has 0 bridgehead atoms. The van der Waals surface area contributed by atoms with Gasteiger partial charge in [-0.05, 0) is 49.2 Å². The van der Waals surface area contributed by atoms with Gasteiger partial charge in [-0.25, -0.2) is 9.59 Å². The highest BCUT2D eigenvalue weighted by molar-refractivity contribution is 8.23. The van der Waals surface area contributed by atoms with Crippen LogP contribution in [0.3, 0.4) is 0 Å². The number of aliphatic hydroxyl groups excluding tert-OH is 1. The van der Waals surface area contributed by atoms with Gasteiger partial charge in [-0.15, -0.1) is 11.8 Å². The number of amides is 2. The number of carbonyl (C=O) groups is 3. The molecule has 3 heterocycles. The van der Waals surface area contributed by atoms with Gasteiger partial charge in [0.25, 0.3) is 5.69 Å². The van der Waals surface area contributed by atoms with Crippen molar-refractivity contribution in [3.8, 4) is 0 Å². The Bertz CT molecular complexity index is 1240. The first-order valence-electron chi connectivity index (χ1n) is 14.1. The lowest BCUT2D eigenvalue weighted by Crippen LogP contribution is -2.62. The van der Waals surface area contributed by atoms with Crippen LogP contribution in [0.4, 0.5) is 10.5 Å². The highest BCUT2D eigenvalue weighted by Gasteiger charge is 2.59. The number of carbonyl (C=O) groups excluding carboxylic acids is 2. The third kappa shape index (κ3) is 6.34. The van der Waals surface area contributed by atoms with Crippen LogP contribution >= 0.6 is 23.5 Å². The monoisotopic (exact) mass is 639 g/mol. The number of hydrogen-bond donors (Lipinski definition) is 2. The molecule has 15 heteroatoms. The van der Waals surface area contributed by atoms with Crippen molar-refractivity contribution in [1.82, 2.24) is 9.80 Å². The summed E-state index contributed by atoms with van der Waals surface area (Å²) in [7, 11) is -1.97. The molecule has 42 heavy (non-hydrogen) atoms. The van der Waals surface area contributed by atoms with Crippen LogP contribution in [0.2, 0.25) is 18.1 Å². The normalized spacial score (nSPS) is 24.5. The fraction of sp³-hybridized carbons (Fsp3) is 0.593. The van der Waals surface area contributed by atoms with Crippen LogP contribution in [-0.4, -0.2) is 87.1 Å². The Morgan fingerprint density at radius 2 is 1.86 bits per heavy atom. The van der Waals surface area contributed by atoms with Crippen molar-refractivity contribution < 1.29 is 38.7 Å².